The molecule has 2 N–H and O–H groups in total. The average molecular weight is 351 g/mol. The number of amides is 1. The van der Waals surface area contributed by atoms with Crippen LogP contribution in [0.25, 0.3) is 0 Å². The lowest BCUT2D eigenvalue weighted by Gasteiger charge is -2.33. The van der Waals surface area contributed by atoms with Crippen LogP contribution in [0.5, 0.6) is 0 Å². The molecule has 1 aliphatic rings. The van der Waals surface area contributed by atoms with Gasteiger partial charge >= 0.3 is 4.87 Å². The predicted octanol–water partition coefficient (Wildman–Crippen LogP) is 1.27. The first-order valence-corrected chi connectivity index (χ1v) is 8.54. The number of halogens is 1. The van der Waals surface area contributed by atoms with Crippen molar-refractivity contribution in [2.45, 2.75) is 12.6 Å². The molecule has 1 atom stereocenters. The molecular weight excluding hydrogens is 333 g/mol. The quantitative estimate of drug-likeness (QED) is 0.851. The number of nitrogens with one attached hydrogen (secondary N) is 2. The third-order valence-electron chi connectivity index (χ3n) is 3.88. The largest absolute Gasteiger partial charge is 0.379 e. The molecule has 1 unspecified atom stereocenters. The highest BCUT2D eigenvalue weighted by Crippen LogP contribution is 2.24. The number of ether oxygens (including phenoxy) is 1. The molecule has 6 nitrogen and oxygen atoms in total. The fourth-order valence-electron chi connectivity index (χ4n) is 2.72. The highest BCUT2D eigenvalue weighted by molar-refractivity contribution is 7.07. The summed E-state index contributed by atoms with van der Waals surface area (Å²) in [7, 11) is 0. The number of hydrogen-bond acceptors (Lipinski definition) is 5. The summed E-state index contributed by atoms with van der Waals surface area (Å²) in [6.45, 7) is 2.34. The Kier molecular flexibility index (Phi) is 5.39. The van der Waals surface area contributed by atoms with Crippen molar-refractivity contribution >= 4 is 17.2 Å². The Bertz CT molecular complexity index is 755. The minimum Gasteiger partial charge on any atom is -0.379 e. The molecule has 1 aromatic carbocycles. The van der Waals surface area contributed by atoms with E-state index in [1.807, 2.05) is 4.90 Å². The highest BCUT2D eigenvalue weighted by Gasteiger charge is 2.30. The number of rotatable bonds is 5. The molecule has 0 bridgehead atoms. The van der Waals surface area contributed by atoms with Crippen molar-refractivity contribution in [2.24, 2.45) is 0 Å². The van der Waals surface area contributed by atoms with Gasteiger partial charge in [0.05, 0.1) is 19.8 Å². The third-order valence-corrected chi connectivity index (χ3v) is 4.60. The standard InChI is InChI=1S/C16H18FN3O3S/c17-13-4-2-1-3-12(13)14(20-5-7-23-8-6-20)15(21)18-9-11-10-24-16(22)19-11/h1-4,10,14H,5-9H2,(H,18,21)(H,19,22). The molecule has 8 heteroatoms. The van der Waals surface area contributed by atoms with Gasteiger partial charge in [0.15, 0.2) is 0 Å². The summed E-state index contributed by atoms with van der Waals surface area (Å²) >= 11 is 1.04. The number of benzene rings is 1. The van der Waals surface area contributed by atoms with Crippen molar-refractivity contribution in [1.82, 2.24) is 15.2 Å². The van der Waals surface area contributed by atoms with Crippen LogP contribution in [0.15, 0.2) is 34.4 Å². The van der Waals surface area contributed by atoms with Gasteiger partial charge in [-0.25, -0.2) is 4.39 Å². The van der Waals surface area contributed by atoms with Crippen LogP contribution in [0.1, 0.15) is 17.3 Å². The Labute approximate surface area is 142 Å². The van der Waals surface area contributed by atoms with E-state index in [1.165, 1.54) is 6.07 Å². The lowest BCUT2D eigenvalue weighted by Crippen LogP contribution is -2.46. The molecule has 0 saturated carbocycles. The highest BCUT2D eigenvalue weighted by atomic mass is 32.1. The Morgan fingerprint density at radius 1 is 1.38 bits per heavy atom. The van der Waals surface area contributed by atoms with Crippen molar-refractivity contribution in [1.29, 1.82) is 0 Å². The molecule has 128 valence electrons. The Hall–Kier alpha value is -2.03. The zero-order chi connectivity index (χ0) is 16.9. The number of aromatic nitrogens is 1. The molecule has 0 radical (unpaired) electrons. The van der Waals surface area contributed by atoms with Crippen molar-refractivity contribution in [3.05, 3.63) is 56.4 Å². The molecule has 2 heterocycles. The average Bonchev–Trinajstić information content (AvgIpc) is 3.01. The van der Waals surface area contributed by atoms with Gasteiger partial charge in [0.2, 0.25) is 5.91 Å². The fourth-order valence-corrected chi connectivity index (χ4v) is 3.30. The second-order valence-electron chi connectivity index (χ2n) is 5.46. The molecule has 3 rings (SSSR count). The van der Waals surface area contributed by atoms with E-state index in [0.29, 0.717) is 37.6 Å². The topological polar surface area (TPSA) is 74.4 Å². The minimum absolute atomic E-state index is 0.168. The summed E-state index contributed by atoms with van der Waals surface area (Å²) in [5.74, 6) is -0.706. The molecule has 1 amide bonds. The molecule has 0 spiro atoms. The van der Waals surface area contributed by atoms with E-state index in [2.05, 4.69) is 10.3 Å². The number of H-pyrrole nitrogens is 1. The van der Waals surface area contributed by atoms with E-state index in [1.54, 1.807) is 23.6 Å². The normalized spacial score (nSPS) is 16.7. The van der Waals surface area contributed by atoms with Gasteiger partial charge in [0.1, 0.15) is 11.9 Å². The maximum Gasteiger partial charge on any atom is 0.304 e. The Morgan fingerprint density at radius 2 is 2.12 bits per heavy atom. The zero-order valence-electron chi connectivity index (χ0n) is 13.0. The van der Waals surface area contributed by atoms with Crippen LogP contribution in [0.2, 0.25) is 0 Å². The Balaban J connectivity index is 1.79. The third kappa shape index (κ3) is 3.89. The number of aromatic amines is 1. The molecule has 1 fully saturated rings. The molecule has 1 saturated heterocycles. The van der Waals surface area contributed by atoms with E-state index in [4.69, 9.17) is 4.74 Å². The molecule has 1 aromatic heterocycles. The zero-order valence-corrected chi connectivity index (χ0v) is 13.8. The SMILES string of the molecule is O=C(NCc1csc(=O)[nH]1)C(c1ccccc1F)N1CCOCC1. The maximum atomic E-state index is 14.2. The first-order chi connectivity index (χ1) is 11.6. The van der Waals surface area contributed by atoms with Crippen molar-refractivity contribution in [2.75, 3.05) is 26.3 Å². The second-order valence-corrected chi connectivity index (χ2v) is 6.31. The molecule has 2 aromatic rings. The number of thiazole rings is 1. The van der Waals surface area contributed by atoms with Crippen LogP contribution in [-0.4, -0.2) is 42.1 Å². The molecule has 1 aliphatic heterocycles. The fraction of sp³-hybridized carbons (Fsp3) is 0.375. The monoisotopic (exact) mass is 351 g/mol. The minimum atomic E-state index is -0.722. The van der Waals surface area contributed by atoms with Gasteiger partial charge in [0.25, 0.3) is 0 Å². The Morgan fingerprint density at radius 3 is 2.79 bits per heavy atom. The van der Waals surface area contributed by atoms with E-state index >= 15 is 0 Å². The smallest absolute Gasteiger partial charge is 0.304 e. The van der Waals surface area contributed by atoms with Crippen molar-refractivity contribution in [3.63, 3.8) is 0 Å². The number of nitrogens with zero attached hydrogens (tertiary/aromatic N) is 1. The summed E-state index contributed by atoms with van der Waals surface area (Å²) < 4.78 is 19.6. The van der Waals surface area contributed by atoms with Crippen molar-refractivity contribution in [3.8, 4) is 0 Å². The first-order valence-electron chi connectivity index (χ1n) is 7.66. The van der Waals surface area contributed by atoms with Gasteiger partial charge in [-0.3, -0.25) is 14.5 Å². The number of carbonyl (C=O) groups excluding carboxylic acids is 1. The lowest BCUT2D eigenvalue weighted by atomic mass is 10.0. The van der Waals surface area contributed by atoms with Crippen LogP contribution in [0, 0.1) is 5.82 Å². The summed E-state index contributed by atoms with van der Waals surface area (Å²) in [5, 5.41) is 4.45. The molecular formula is C16H18FN3O3S. The van der Waals surface area contributed by atoms with Crippen LogP contribution in [-0.2, 0) is 16.1 Å². The summed E-state index contributed by atoms with van der Waals surface area (Å²) in [5.41, 5.74) is 0.975. The number of morpholine rings is 1. The van der Waals surface area contributed by atoms with E-state index in [0.717, 1.165) is 11.3 Å². The van der Waals surface area contributed by atoms with Gasteiger partial charge in [0, 0.05) is 29.7 Å². The van der Waals surface area contributed by atoms with Crippen LogP contribution < -0.4 is 10.2 Å². The lowest BCUT2D eigenvalue weighted by molar-refractivity contribution is -0.128. The second kappa shape index (κ2) is 7.69. The predicted molar refractivity (Wildman–Crippen MR) is 88.3 cm³/mol. The van der Waals surface area contributed by atoms with Gasteiger partial charge in [-0.1, -0.05) is 29.5 Å². The van der Waals surface area contributed by atoms with Gasteiger partial charge < -0.3 is 15.0 Å². The summed E-state index contributed by atoms with van der Waals surface area (Å²) in [4.78, 5) is 28.3. The first kappa shape index (κ1) is 16.8. The van der Waals surface area contributed by atoms with Crippen LogP contribution in [0.3, 0.4) is 0 Å². The van der Waals surface area contributed by atoms with Gasteiger partial charge in [-0.05, 0) is 6.07 Å². The number of carbonyl (C=O) groups is 1. The van der Waals surface area contributed by atoms with Gasteiger partial charge in [-0.15, -0.1) is 0 Å². The summed E-state index contributed by atoms with van der Waals surface area (Å²) in [6.07, 6.45) is 0. The van der Waals surface area contributed by atoms with E-state index in [9.17, 15) is 14.0 Å². The molecule has 24 heavy (non-hydrogen) atoms. The van der Waals surface area contributed by atoms with Crippen LogP contribution in [0.4, 0.5) is 4.39 Å². The van der Waals surface area contributed by atoms with E-state index < -0.39 is 11.9 Å². The maximum absolute atomic E-state index is 14.2. The molecule has 0 aliphatic carbocycles. The van der Waals surface area contributed by atoms with E-state index in [-0.39, 0.29) is 17.3 Å². The van der Waals surface area contributed by atoms with Crippen LogP contribution >= 0.6 is 11.3 Å². The van der Waals surface area contributed by atoms with Gasteiger partial charge in [-0.2, -0.15) is 0 Å². The summed E-state index contributed by atoms with van der Waals surface area (Å²) in [6, 6.07) is 5.58. The number of hydrogen-bond donors (Lipinski definition) is 2. The van der Waals surface area contributed by atoms with Crippen molar-refractivity contribution < 1.29 is 13.9 Å².